The molecule has 4 aliphatic carbocycles. The van der Waals surface area contributed by atoms with Crippen LogP contribution in [0.4, 0.5) is 0 Å². The highest BCUT2D eigenvalue weighted by Gasteiger charge is 2.58. The third kappa shape index (κ3) is 4.74. The van der Waals surface area contributed by atoms with Crippen LogP contribution in [0.2, 0.25) is 0 Å². The van der Waals surface area contributed by atoms with Gasteiger partial charge in [-0.2, -0.15) is 0 Å². The summed E-state index contributed by atoms with van der Waals surface area (Å²) in [7, 11) is 0. The first kappa shape index (κ1) is 29.0. The standard InChI is InChI=1S/C39H53N3O2/c1-38-18-5-9-33(38)32-16-14-30-13-15-31(26-39(30,2)34(32)17-19-38)40-21-23-41(24-22-40)37(44)35-10-6-20-42(35)36(43)29-12-11-27-7-3-4-8-28(27)25-29/h3-4,7-8,11-12,25,30-35H,5-6,9-10,13-24,26H2,1-2H3/t30?,31-,32+,33+,34+,35+,38+,39+/m1/s1. The van der Waals surface area contributed by atoms with Crippen molar-refractivity contribution < 1.29 is 9.59 Å². The molecule has 2 aromatic carbocycles. The van der Waals surface area contributed by atoms with E-state index < -0.39 is 0 Å². The summed E-state index contributed by atoms with van der Waals surface area (Å²) in [5.41, 5.74) is 1.82. The first-order chi connectivity index (χ1) is 21.3. The molecule has 4 saturated carbocycles. The Kier molecular flexibility index (Phi) is 7.35. The van der Waals surface area contributed by atoms with Crippen molar-refractivity contribution in [2.75, 3.05) is 32.7 Å². The topological polar surface area (TPSA) is 43.9 Å². The summed E-state index contributed by atoms with van der Waals surface area (Å²) in [6.45, 7) is 9.58. The minimum absolute atomic E-state index is 0.00154. The monoisotopic (exact) mass is 595 g/mol. The molecular weight excluding hydrogens is 542 g/mol. The SMILES string of the molecule is C[C@@]12CCC[C@H]1[C@@H]1CCC3CC[C@@H](N4CCN(C(=O)[C@@H]5CCCN5C(=O)c5ccc6ccccc6c5)CC4)C[C@]3(C)[C@H]1CC2. The Morgan fingerprint density at radius 1 is 0.750 bits per heavy atom. The highest BCUT2D eigenvalue weighted by atomic mass is 16.2. The second-order valence-electron chi connectivity index (χ2n) is 16.3. The molecule has 44 heavy (non-hydrogen) atoms. The lowest BCUT2D eigenvalue weighted by atomic mass is 9.45. The van der Waals surface area contributed by atoms with Crippen LogP contribution in [0.25, 0.3) is 10.8 Å². The first-order valence-corrected chi connectivity index (χ1v) is 18.2. The van der Waals surface area contributed by atoms with E-state index in [1.807, 2.05) is 35.2 Å². The zero-order chi connectivity index (χ0) is 30.1. The third-order valence-electron chi connectivity index (χ3n) is 14.3. The first-order valence-electron chi connectivity index (χ1n) is 18.2. The molecule has 6 fully saturated rings. The number of hydrogen-bond donors (Lipinski definition) is 0. The molecule has 0 radical (unpaired) electrons. The molecule has 1 unspecified atom stereocenters. The summed E-state index contributed by atoms with van der Waals surface area (Å²) in [5.74, 6) is 3.97. The van der Waals surface area contributed by atoms with Crippen LogP contribution in [-0.4, -0.2) is 71.3 Å². The number of rotatable bonds is 3. The molecule has 236 valence electrons. The number of nitrogens with zero attached hydrogens (tertiary/aromatic N) is 3. The van der Waals surface area contributed by atoms with Crippen molar-refractivity contribution in [2.45, 2.75) is 103 Å². The summed E-state index contributed by atoms with van der Waals surface area (Å²) in [5, 5.41) is 2.21. The lowest BCUT2D eigenvalue weighted by Crippen LogP contribution is -2.59. The molecule has 0 bridgehead atoms. The quantitative estimate of drug-likeness (QED) is 0.372. The number of fused-ring (bicyclic) bond motifs is 6. The van der Waals surface area contributed by atoms with E-state index in [4.69, 9.17) is 0 Å². The molecular formula is C39H53N3O2. The Hall–Kier alpha value is -2.40. The van der Waals surface area contributed by atoms with Gasteiger partial charge >= 0.3 is 0 Å². The number of piperazine rings is 1. The van der Waals surface area contributed by atoms with Crippen molar-refractivity contribution in [3.63, 3.8) is 0 Å². The average Bonchev–Trinajstić information content (AvgIpc) is 3.70. The van der Waals surface area contributed by atoms with Gasteiger partial charge in [-0.25, -0.2) is 0 Å². The van der Waals surface area contributed by atoms with Crippen LogP contribution in [0.3, 0.4) is 0 Å². The number of hydrogen-bond acceptors (Lipinski definition) is 3. The summed E-state index contributed by atoms with van der Waals surface area (Å²) in [6, 6.07) is 14.4. The molecule has 2 aliphatic heterocycles. The fraction of sp³-hybridized carbons (Fsp3) is 0.692. The number of benzene rings is 2. The van der Waals surface area contributed by atoms with Crippen molar-refractivity contribution in [2.24, 2.45) is 34.5 Å². The second kappa shape index (κ2) is 11.1. The van der Waals surface area contributed by atoms with E-state index in [2.05, 4.69) is 35.8 Å². The van der Waals surface area contributed by atoms with Gasteiger partial charge in [-0.15, -0.1) is 0 Å². The van der Waals surface area contributed by atoms with Gasteiger partial charge < -0.3 is 9.80 Å². The van der Waals surface area contributed by atoms with Gasteiger partial charge in [0.25, 0.3) is 5.91 Å². The molecule has 5 heteroatoms. The maximum atomic E-state index is 13.9. The Labute approximate surface area is 264 Å². The Morgan fingerprint density at radius 2 is 1.55 bits per heavy atom. The van der Waals surface area contributed by atoms with Crippen molar-refractivity contribution in [1.82, 2.24) is 14.7 Å². The van der Waals surface area contributed by atoms with E-state index in [-0.39, 0.29) is 17.9 Å². The van der Waals surface area contributed by atoms with Crippen LogP contribution in [0, 0.1) is 34.5 Å². The molecule has 6 aliphatic rings. The fourth-order valence-electron chi connectivity index (χ4n) is 11.9. The van der Waals surface area contributed by atoms with Crippen LogP contribution in [0.1, 0.15) is 101 Å². The van der Waals surface area contributed by atoms with Gasteiger partial charge in [0.15, 0.2) is 0 Å². The van der Waals surface area contributed by atoms with E-state index in [0.717, 1.165) is 73.5 Å². The van der Waals surface area contributed by atoms with Crippen LogP contribution < -0.4 is 0 Å². The average molecular weight is 596 g/mol. The number of amides is 2. The largest absolute Gasteiger partial charge is 0.338 e. The van der Waals surface area contributed by atoms with Crippen molar-refractivity contribution >= 4 is 22.6 Å². The smallest absolute Gasteiger partial charge is 0.254 e. The van der Waals surface area contributed by atoms with Crippen molar-refractivity contribution in [3.8, 4) is 0 Å². The van der Waals surface area contributed by atoms with Gasteiger partial charge in [0.1, 0.15) is 6.04 Å². The molecule has 2 amide bonds. The maximum absolute atomic E-state index is 13.9. The van der Waals surface area contributed by atoms with Crippen LogP contribution in [0.15, 0.2) is 42.5 Å². The van der Waals surface area contributed by atoms with Gasteiger partial charge in [-0.05, 0) is 128 Å². The molecule has 2 heterocycles. The summed E-state index contributed by atoms with van der Waals surface area (Å²) >= 11 is 0. The van der Waals surface area contributed by atoms with Gasteiger partial charge in [-0.3, -0.25) is 14.5 Å². The predicted molar refractivity (Wildman–Crippen MR) is 176 cm³/mol. The lowest BCUT2D eigenvalue weighted by molar-refractivity contribution is -0.139. The molecule has 2 aromatic rings. The second-order valence-corrected chi connectivity index (χ2v) is 16.3. The van der Waals surface area contributed by atoms with Crippen LogP contribution in [0.5, 0.6) is 0 Å². The molecule has 8 rings (SSSR count). The van der Waals surface area contributed by atoms with Gasteiger partial charge in [0.05, 0.1) is 0 Å². The van der Waals surface area contributed by atoms with Crippen molar-refractivity contribution in [1.29, 1.82) is 0 Å². The van der Waals surface area contributed by atoms with Gasteiger partial charge in [0, 0.05) is 44.3 Å². The van der Waals surface area contributed by atoms with Gasteiger partial charge in [0.2, 0.25) is 5.91 Å². The molecule has 8 atom stereocenters. The maximum Gasteiger partial charge on any atom is 0.254 e. The van der Waals surface area contributed by atoms with E-state index >= 15 is 0 Å². The molecule has 0 spiro atoms. The van der Waals surface area contributed by atoms with Crippen LogP contribution in [-0.2, 0) is 4.79 Å². The fourth-order valence-corrected chi connectivity index (χ4v) is 11.9. The minimum atomic E-state index is -0.318. The lowest BCUT2D eigenvalue weighted by Gasteiger charge is -2.61. The molecule has 5 nitrogen and oxygen atoms in total. The van der Waals surface area contributed by atoms with E-state index in [1.54, 1.807) is 0 Å². The van der Waals surface area contributed by atoms with Gasteiger partial charge in [-0.1, -0.05) is 50.6 Å². The Balaban J connectivity index is 0.905. The number of carbonyl (C=O) groups is 2. The summed E-state index contributed by atoms with van der Waals surface area (Å²) in [4.78, 5) is 34.2. The highest BCUT2D eigenvalue weighted by molar-refractivity contribution is 6.01. The van der Waals surface area contributed by atoms with E-state index in [1.165, 1.54) is 64.2 Å². The van der Waals surface area contributed by atoms with E-state index in [0.29, 0.717) is 29.0 Å². The molecule has 2 saturated heterocycles. The number of likely N-dealkylation sites (tertiary alicyclic amines) is 1. The normalized spacial score (nSPS) is 39.1. The molecule has 0 N–H and O–H groups in total. The summed E-state index contributed by atoms with van der Waals surface area (Å²) < 4.78 is 0. The highest BCUT2D eigenvalue weighted by Crippen LogP contribution is 2.66. The van der Waals surface area contributed by atoms with Crippen molar-refractivity contribution in [3.05, 3.63) is 48.0 Å². The third-order valence-corrected chi connectivity index (χ3v) is 14.3. The van der Waals surface area contributed by atoms with Crippen LogP contribution >= 0.6 is 0 Å². The minimum Gasteiger partial charge on any atom is -0.338 e. The van der Waals surface area contributed by atoms with E-state index in [9.17, 15) is 9.59 Å². The molecule has 0 aromatic heterocycles. The number of carbonyl (C=O) groups excluding carboxylic acids is 2. The Morgan fingerprint density at radius 3 is 2.39 bits per heavy atom. The summed E-state index contributed by atoms with van der Waals surface area (Å²) in [6.07, 6.45) is 16.1. The zero-order valence-electron chi connectivity index (χ0n) is 27.2. The Bertz CT molecular complexity index is 1420. The zero-order valence-corrected chi connectivity index (χ0v) is 27.2. The predicted octanol–water partition coefficient (Wildman–Crippen LogP) is 7.39.